The van der Waals surface area contributed by atoms with Crippen LogP contribution >= 0.6 is 0 Å². The molecule has 6 nitrogen and oxygen atoms in total. The first-order valence-electron chi connectivity index (χ1n) is 3.60. The van der Waals surface area contributed by atoms with Crippen molar-refractivity contribution in [3.05, 3.63) is 33.9 Å². The zero-order chi connectivity index (χ0) is 10.7. The zero-order valence-electron chi connectivity index (χ0n) is 8.22. The molecule has 0 aliphatic rings. The van der Waals surface area contributed by atoms with Gasteiger partial charge in [-0.1, -0.05) is 0 Å². The van der Waals surface area contributed by atoms with Crippen molar-refractivity contribution in [3.63, 3.8) is 0 Å². The number of hydrogen-bond acceptors (Lipinski definition) is 5. The number of aromatic carboxylic acids is 1. The van der Waals surface area contributed by atoms with Crippen LogP contribution in [0, 0.1) is 10.1 Å². The Kier molecular flexibility index (Phi) is 5.99. The molecule has 7 heteroatoms. The van der Waals surface area contributed by atoms with Crippen molar-refractivity contribution in [3.8, 4) is 5.75 Å². The Balaban J connectivity index is 0.00000196. The van der Waals surface area contributed by atoms with Gasteiger partial charge in [0.1, 0.15) is 0 Å². The van der Waals surface area contributed by atoms with Gasteiger partial charge in [-0.15, -0.1) is 0 Å². The van der Waals surface area contributed by atoms with Crippen LogP contribution in [0.4, 0.5) is 5.69 Å². The molecule has 0 N–H and O–H groups in total. The van der Waals surface area contributed by atoms with Crippen molar-refractivity contribution in [2.75, 3.05) is 7.11 Å². The van der Waals surface area contributed by atoms with Gasteiger partial charge in [0.15, 0.2) is 5.75 Å². The maximum atomic E-state index is 10.4. The van der Waals surface area contributed by atoms with E-state index in [1.807, 2.05) is 0 Å². The molecule has 0 heterocycles. The van der Waals surface area contributed by atoms with Gasteiger partial charge < -0.3 is 14.6 Å². The number of rotatable bonds is 3. The van der Waals surface area contributed by atoms with E-state index in [4.69, 9.17) is 0 Å². The molecule has 1 aromatic rings. The third kappa shape index (κ3) is 3.54. The molecule has 0 aliphatic heterocycles. The van der Waals surface area contributed by atoms with Gasteiger partial charge in [0, 0.05) is 11.6 Å². The minimum atomic E-state index is -1.40. The molecule has 0 saturated heterocycles. The van der Waals surface area contributed by atoms with Gasteiger partial charge in [0.2, 0.25) is 0 Å². The van der Waals surface area contributed by atoms with Gasteiger partial charge in [0.25, 0.3) is 0 Å². The number of methoxy groups -OCH3 is 1. The Bertz CT molecular complexity index is 393. The van der Waals surface area contributed by atoms with Crippen LogP contribution in [-0.4, -0.2) is 18.0 Å². The van der Waals surface area contributed by atoms with E-state index in [1.54, 1.807) is 0 Å². The van der Waals surface area contributed by atoms with E-state index < -0.39 is 10.9 Å². The van der Waals surface area contributed by atoms with Crippen LogP contribution in [0.5, 0.6) is 5.75 Å². The second kappa shape index (κ2) is 6.18. The van der Waals surface area contributed by atoms with Crippen LogP contribution in [0.2, 0.25) is 0 Å². The monoisotopic (exact) mass is 235 g/mol. The fourth-order valence-corrected chi connectivity index (χ4v) is 0.955. The van der Waals surface area contributed by atoms with Crippen LogP contribution in [0.1, 0.15) is 10.4 Å². The summed E-state index contributed by atoms with van der Waals surface area (Å²) in [6.07, 6.45) is 0. The molecule has 0 saturated carbocycles. The number of carboxylic acid groups (broad SMARTS) is 1. The summed E-state index contributed by atoms with van der Waals surface area (Å²) < 4.78 is 4.66. The van der Waals surface area contributed by atoms with Gasteiger partial charge in [-0.05, 0) is 12.1 Å². The molecular formula is C8H6KNO5. The summed E-state index contributed by atoms with van der Waals surface area (Å²) in [5.41, 5.74) is -0.440. The minimum absolute atomic E-state index is 0. The zero-order valence-corrected chi connectivity index (χ0v) is 11.3. The summed E-state index contributed by atoms with van der Waals surface area (Å²) in [4.78, 5) is 20.2. The number of nitro benzene ring substituents is 1. The quantitative estimate of drug-likeness (QED) is 0.316. The SMILES string of the molecule is COc1cc(C(=O)[O-])ccc1[N+](=O)[O-].[K+]. The van der Waals surface area contributed by atoms with E-state index in [0.29, 0.717) is 0 Å². The number of carbonyl (C=O) groups is 1. The van der Waals surface area contributed by atoms with Crippen LogP contribution in [-0.2, 0) is 0 Å². The number of ether oxygens (including phenoxy) is 1. The van der Waals surface area contributed by atoms with E-state index in [1.165, 1.54) is 7.11 Å². The van der Waals surface area contributed by atoms with Crippen LogP contribution < -0.4 is 61.2 Å². The van der Waals surface area contributed by atoms with Crippen LogP contribution in [0.3, 0.4) is 0 Å². The van der Waals surface area contributed by atoms with E-state index in [2.05, 4.69) is 4.74 Å². The Morgan fingerprint density at radius 1 is 1.47 bits per heavy atom. The van der Waals surface area contributed by atoms with Gasteiger partial charge in [0.05, 0.1) is 18.0 Å². The summed E-state index contributed by atoms with van der Waals surface area (Å²) in [6.45, 7) is 0. The minimum Gasteiger partial charge on any atom is -0.545 e. The molecule has 15 heavy (non-hydrogen) atoms. The second-order valence-corrected chi connectivity index (χ2v) is 2.43. The first-order chi connectivity index (χ1) is 6.56. The predicted octanol–water partition coefficient (Wildman–Crippen LogP) is -3.03. The smallest absolute Gasteiger partial charge is 0.545 e. The second-order valence-electron chi connectivity index (χ2n) is 2.43. The number of nitrogens with zero attached hydrogens (tertiary/aromatic N) is 1. The maximum Gasteiger partial charge on any atom is 1.00 e. The molecule has 1 rings (SSSR count). The molecule has 74 valence electrons. The summed E-state index contributed by atoms with van der Waals surface area (Å²) in [5.74, 6) is -1.50. The maximum absolute atomic E-state index is 10.4. The van der Waals surface area contributed by atoms with Crippen molar-refractivity contribution >= 4 is 11.7 Å². The summed E-state index contributed by atoms with van der Waals surface area (Å²) in [7, 11) is 1.22. The fourth-order valence-electron chi connectivity index (χ4n) is 0.955. The third-order valence-electron chi connectivity index (χ3n) is 1.61. The molecule has 0 atom stereocenters. The molecule has 0 fully saturated rings. The summed E-state index contributed by atoms with van der Waals surface area (Å²) in [5, 5.41) is 20.8. The van der Waals surface area contributed by atoms with E-state index >= 15 is 0 Å². The Morgan fingerprint density at radius 2 is 2.07 bits per heavy atom. The topological polar surface area (TPSA) is 92.5 Å². The van der Waals surface area contributed by atoms with E-state index in [-0.39, 0.29) is 68.4 Å². The molecule has 1 aromatic carbocycles. The largest absolute Gasteiger partial charge is 1.00 e. The first kappa shape index (κ1) is 14.5. The molecule has 0 aromatic heterocycles. The standard InChI is InChI=1S/C8H7NO5.K/c1-14-7-4-5(8(10)11)2-3-6(7)9(12)13;/h2-4H,1H3,(H,10,11);/q;+1/p-1. The van der Waals surface area contributed by atoms with Crippen molar-refractivity contribution in [2.24, 2.45) is 0 Å². The number of carbonyl (C=O) groups excluding carboxylic acids is 1. The summed E-state index contributed by atoms with van der Waals surface area (Å²) in [6, 6.07) is 3.20. The normalized spacial score (nSPS) is 8.87. The first-order valence-corrected chi connectivity index (χ1v) is 3.60. The molecule has 0 unspecified atom stereocenters. The number of benzene rings is 1. The van der Waals surface area contributed by atoms with Gasteiger partial charge in [-0.2, -0.15) is 0 Å². The molecule has 0 bridgehead atoms. The van der Waals surface area contributed by atoms with Gasteiger partial charge >= 0.3 is 57.1 Å². The van der Waals surface area contributed by atoms with Crippen LogP contribution in [0.15, 0.2) is 18.2 Å². The Labute approximate surface area is 128 Å². The van der Waals surface area contributed by atoms with E-state index in [0.717, 1.165) is 18.2 Å². The van der Waals surface area contributed by atoms with Crippen molar-refractivity contribution in [2.45, 2.75) is 0 Å². The van der Waals surface area contributed by atoms with Crippen molar-refractivity contribution in [1.29, 1.82) is 0 Å². The average Bonchev–Trinajstić information content (AvgIpc) is 2.16. The molecule has 0 spiro atoms. The molecule has 0 amide bonds. The number of hydrogen-bond donors (Lipinski definition) is 0. The van der Waals surface area contributed by atoms with Crippen molar-refractivity contribution in [1.82, 2.24) is 0 Å². The van der Waals surface area contributed by atoms with Gasteiger partial charge in [-0.3, -0.25) is 10.1 Å². The van der Waals surface area contributed by atoms with E-state index in [9.17, 15) is 20.0 Å². The Hall–Kier alpha value is -0.474. The van der Waals surface area contributed by atoms with Crippen molar-refractivity contribution < 1.29 is 70.9 Å². The number of carboxylic acids is 1. The van der Waals surface area contributed by atoms with Gasteiger partial charge in [-0.25, -0.2) is 0 Å². The predicted molar refractivity (Wildman–Crippen MR) is 44.0 cm³/mol. The Morgan fingerprint density at radius 3 is 2.47 bits per heavy atom. The molecule has 0 radical (unpaired) electrons. The summed E-state index contributed by atoms with van der Waals surface area (Å²) >= 11 is 0. The third-order valence-corrected chi connectivity index (χ3v) is 1.61. The molecular weight excluding hydrogens is 229 g/mol. The average molecular weight is 235 g/mol. The fraction of sp³-hybridized carbons (Fsp3) is 0.125. The number of nitro groups is 1. The molecule has 0 aliphatic carbocycles. The van der Waals surface area contributed by atoms with Crippen LogP contribution in [0.25, 0.3) is 0 Å².